The van der Waals surface area contributed by atoms with E-state index in [-0.39, 0.29) is 31.8 Å². The number of aliphatic carboxylic acids is 2. The number of amides is 3. The number of imidazole rings is 1. The topological polar surface area (TPSA) is 281 Å². The zero-order valence-corrected chi connectivity index (χ0v) is 18.9. The summed E-state index contributed by atoms with van der Waals surface area (Å²) in [5.74, 6) is -4.90. The van der Waals surface area contributed by atoms with Gasteiger partial charge in [-0.15, -0.1) is 0 Å². The summed E-state index contributed by atoms with van der Waals surface area (Å²) < 4.78 is 0. The summed E-state index contributed by atoms with van der Waals surface area (Å²) in [4.78, 5) is 69.5. The van der Waals surface area contributed by atoms with Gasteiger partial charge in [-0.05, 0) is 19.3 Å². The molecule has 16 heteroatoms. The summed E-state index contributed by atoms with van der Waals surface area (Å²) in [6.07, 6.45) is 2.73. The smallest absolute Gasteiger partial charge is 0.326 e. The highest BCUT2D eigenvalue weighted by molar-refractivity contribution is 5.92. The first-order valence-electron chi connectivity index (χ1n) is 10.6. The largest absolute Gasteiger partial charge is 0.481 e. The number of carbonyl (C=O) groups is 5. The predicted molar refractivity (Wildman–Crippen MR) is 122 cm³/mol. The van der Waals surface area contributed by atoms with Crippen molar-refractivity contribution in [3.05, 3.63) is 18.2 Å². The van der Waals surface area contributed by atoms with Crippen LogP contribution >= 0.6 is 0 Å². The molecule has 12 N–H and O–H groups in total. The fourth-order valence-electron chi connectivity index (χ4n) is 2.82. The molecule has 0 saturated heterocycles. The molecule has 35 heavy (non-hydrogen) atoms. The number of carboxylic acids is 2. The molecule has 0 spiro atoms. The van der Waals surface area contributed by atoms with E-state index in [0.717, 1.165) is 0 Å². The van der Waals surface area contributed by atoms with Crippen LogP contribution < -0.4 is 33.2 Å². The Hall–Kier alpha value is -4.21. The molecule has 1 rings (SSSR count). The van der Waals surface area contributed by atoms with Crippen LogP contribution in [0.1, 0.15) is 31.4 Å². The number of aromatic nitrogens is 2. The monoisotopic (exact) mass is 497 g/mol. The number of hydrogen-bond acceptors (Lipinski definition) is 8. The highest BCUT2D eigenvalue weighted by Crippen LogP contribution is 2.02. The van der Waals surface area contributed by atoms with Gasteiger partial charge in [-0.25, -0.2) is 9.78 Å². The molecule has 3 unspecified atom stereocenters. The van der Waals surface area contributed by atoms with Gasteiger partial charge in [0.2, 0.25) is 17.7 Å². The predicted octanol–water partition coefficient (Wildman–Crippen LogP) is -3.63. The van der Waals surface area contributed by atoms with E-state index in [9.17, 15) is 24.0 Å². The molecule has 1 aromatic heterocycles. The number of aromatic amines is 1. The lowest BCUT2D eigenvalue weighted by atomic mass is 10.1. The summed E-state index contributed by atoms with van der Waals surface area (Å²) in [5, 5.41) is 24.8. The van der Waals surface area contributed by atoms with E-state index in [1.807, 2.05) is 0 Å². The second-order valence-electron chi connectivity index (χ2n) is 7.51. The summed E-state index contributed by atoms with van der Waals surface area (Å²) in [6.45, 7) is -0.324. The van der Waals surface area contributed by atoms with Crippen molar-refractivity contribution in [1.82, 2.24) is 25.9 Å². The standard InChI is InChI=1S/C19H31N9O7/c20-11(2-1-5-24-19(21)22)16(32)28-13(6-10-7-23-9-26-10)17(33)25-8-14(29)27-12(18(34)35)3-4-15(30)31/h7,9,11-13H,1-6,8,20H2,(H,23,26)(H,25,33)(H,27,29)(H,28,32)(H,30,31)(H,34,35)(H4,21,22,24). The summed E-state index contributed by atoms with van der Waals surface area (Å²) in [6, 6.07) is -3.51. The summed E-state index contributed by atoms with van der Waals surface area (Å²) >= 11 is 0. The van der Waals surface area contributed by atoms with Gasteiger partial charge in [-0.2, -0.15) is 0 Å². The van der Waals surface area contributed by atoms with Crippen molar-refractivity contribution in [2.24, 2.45) is 22.2 Å². The van der Waals surface area contributed by atoms with Crippen molar-refractivity contribution in [1.29, 1.82) is 0 Å². The van der Waals surface area contributed by atoms with Crippen LogP contribution in [0.5, 0.6) is 0 Å². The van der Waals surface area contributed by atoms with E-state index in [4.69, 9.17) is 27.4 Å². The average Bonchev–Trinajstić information content (AvgIpc) is 3.29. The van der Waals surface area contributed by atoms with Gasteiger partial charge in [0.05, 0.1) is 18.9 Å². The number of H-pyrrole nitrogens is 1. The highest BCUT2D eigenvalue weighted by Gasteiger charge is 2.26. The maximum Gasteiger partial charge on any atom is 0.326 e. The van der Waals surface area contributed by atoms with Crippen molar-refractivity contribution in [2.45, 2.75) is 50.2 Å². The number of carbonyl (C=O) groups excluding carboxylic acids is 3. The van der Waals surface area contributed by atoms with Crippen LogP contribution in [-0.4, -0.2) is 87.0 Å². The van der Waals surface area contributed by atoms with Crippen molar-refractivity contribution in [3.8, 4) is 0 Å². The van der Waals surface area contributed by atoms with E-state index in [2.05, 4.69) is 30.9 Å². The number of nitrogens with one attached hydrogen (secondary N) is 4. The Balaban J connectivity index is 2.69. The second-order valence-corrected chi connectivity index (χ2v) is 7.51. The summed E-state index contributed by atoms with van der Waals surface area (Å²) in [7, 11) is 0. The van der Waals surface area contributed by atoms with Gasteiger partial charge >= 0.3 is 11.9 Å². The number of guanidine groups is 1. The first-order chi connectivity index (χ1) is 16.5. The Morgan fingerprint density at radius 1 is 1.06 bits per heavy atom. The third-order valence-electron chi connectivity index (χ3n) is 4.62. The lowest BCUT2D eigenvalue weighted by Gasteiger charge is -2.20. The second kappa shape index (κ2) is 14.8. The van der Waals surface area contributed by atoms with E-state index < -0.39 is 60.8 Å². The quantitative estimate of drug-likeness (QED) is 0.0610. The van der Waals surface area contributed by atoms with Gasteiger partial charge in [0, 0.05) is 31.3 Å². The Bertz CT molecular complexity index is 900. The van der Waals surface area contributed by atoms with Gasteiger partial charge in [-0.1, -0.05) is 0 Å². The van der Waals surface area contributed by atoms with Gasteiger partial charge in [0.1, 0.15) is 12.1 Å². The van der Waals surface area contributed by atoms with Crippen LogP contribution in [0.4, 0.5) is 0 Å². The zero-order chi connectivity index (χ0) is 26.4. The molecule has 0 bridgehead atoms. The molecule has 0 aliphatic carbocycles. The minimum Gasteiger partial charge on any atom is -0.481 e. The van der Waals surface area contributed by atoms with Crippen molar-refractivity contribution in [3.63, 3.8) is 0 Å². The maximum atomic E-state index is 12.7. The van der Waals surface area contributed by atoms with Crippen LogP contribution in [0.2, 0.25) is 0 Å². The number of rotatable bonds is 16. The molecule has 3 atom stereocenters. The number of nitrogens with two attached hydrogens (primary N) is 3. The molecule has 0 fully saturated rings. The molecule has 1 aromatic rings. The van der Waals surface area contributed by atoms with Gasteiger partial charge < -0.3 is 48.3 Å². The third kappa shape index (κ3) is 12.0. The maximum absolute atomic E-state index is 12.7. The first-order valence-corrected chi connectivity index (χ1v) is 10.6. The van der Waals surface area contributed by atoms with Gasteiger partial charge in [-0.3, -0.25) is 24.2 Å². The molecule has 194 valence electrons. The lowest BCUT2D eigenvalue weighted by molar-refractivity contribution is -0.143. The number of carboxylic acid groups (broad SMARTS) is 2. The molecule has 1 heterocycles. The SMILES string of the molecule is NC(N)=NCCCC(N)C(=O)NC(Cc1cnc[nH]1)C(=O)NCC(=O)NC(CCC(=O)O)C(=O)O. The first kappa shape index (κ1) is 28.8. The minimum absolute atomic E-state index is 0.0102. The Morgan fingerprint density at radius 3 is 2.34 bits per heavy atom. The van der Waals surface area contributed by atoms with E-state index in [1.165, 1.54) is 12.5 Å². The molecular formula is C19H31N9O7. The Kier molecular flexibility index (Phi) is 12.2. The fourth-order valence-corrected chi connectivity index (χ4v) is 2.82. The fraction of sp³-hybridized carbons (Fsp3) is 0.526. The van der Waals surface area contributed by atoms with Gasteiger partial charge in [0.15, 0.2) is 5.96 Å². The molecule has 0 aliphatic rings. The number of aliphatic imine (C=N–C) groups is 1. The van der Waals surface area contributed by atoms with Crippen LogP contribution in [0.25, 0.3) is 0 Å². The molecule has 16 nitrogen and oxygen atoms in total. The number of nitrogens with zero attached hydrogens (tertiary/aromatic N) is 2. The van der Waals surface area contributed by atoms with Crippen molar-refractivity contribution in [2.75, 3.05) is 13.1 Å². The van der Waals surface area contributed by atoms with E-state index in [0.29, 0.717) is 12.1 Å². The van der Waals surface area contributed by atoms with Gasteiger partial charge in [0.25, 0.3) is 0 Å². The zero-order valence-electron chi connectivity index (χ0n) is 18.9. The molecular weight excluding hydrogens is 466 g/mol. The minimum atomic E-state index is -1.44. The van der Waals surface area contributed by atoms with Crippen molar-refractivity contribution >= 4 is 35.6 Å². The Labute approximate surface area is 200 Å². The molecule has 3 amide bonds. The van der Waals surface area contributed by atoms with E-state index >= 15 is 0 Å². The Morgan fingerprint density at radius 2 is 1.77 bits per heavy atom. The van der Waals surface area contributed by atoms with Crippen LogP contribution in [0.3, 0.4) is 0 Å². The molecule has 0 saturated carbocycles. The lowest BCUT2D eigenvalue weighted by Crippen LogP contribution is -2.54. The summed E-state index contributed by atoms with van der Waals surface area (Å²) in [5.41, 5.74) is 16.9. The van der Waals surface area contributed by atoms with E-state index in [1.54, 1.807) is 0 Å². The average molecular weight is 498 g/mol. The van der Waals surface area contributed by atoms with Crippen LogP contribution in [0, 0.1) is 0 Å². The molecule has 0 aliphatic heterocycles. The number of hydrogen-bond donors (Lipinski definition) is 9. The molecule has 0 radical (unpaired) electrons. The van der Waals surface area contributed by atoms with Crippen molar-refractivity contribution < 1.29 is 34.2 Å². The highest BCUT2D eigenvalue weighted by atomic mass is 16.4. The van der Waals surface area contributed by atoms with Crippen LogP contribution in [-0.2, 0) is 30.4 Å². The molecule has 0 aromatic carbocycles. The normalized spacial score (nSPS) is 13.1. The van der Waals surface area contributed by atoms with Crippen LogP contribution in [0.15, 0.2) is 17.5 Å². The third-order valence-corrected chi connectivity index (χ3v) is 4.62.